The van der Waals surface area contributed by atoms with Crippen LogP contribution in [0.5, 0.6) is 0 Å². The van der Waals surface area contributed by atoms with Crippen molar-refractivity contribution in [1.29, 1.82) is 0 Å². The summed E-state index contributed by atoms with van der Waals surface area (Å²) >= 11 is 0. The van der Waals surface area contributed by atoms with Gasteiger partial charge in [0.1, 0.15) is 0 Å². The Labute approximate surface area is 89.8 Å². The van der Waals surface area contributed by atoms with Crippen molar-refractivity contribution in [2.24, 2.45) is 5.73 Å². The highest BCUT2D eigenvalue weighted by molar-refractivity contribution is 5.62. The van der Waals surface area contributed by atoms with Crippen LogP contribution in [-0.2, 0) is 6.54 Å². The highest BCUT2D eigenvalue weighted by Gasteiger charge is 2.01. The first kappa shape index (κ1) is 9.87. The zero-order valence-corrected chi connectivity index (χ0v) is 8.77. The second kappa shape index (κ2) is 4.24. The van der Waals surface area contributed by atoms with Crippen molar-refractivity contribution < 1.29 is 0 Å². The summed E-state index contributed by atoms with van der Waals surface area (Å²) in [4.78, 5) is 4.37. The zero-order valence-electron chi connectivity index (χ0n) is 8.77. The highest BCUT2D eigenvalue weighted by Crippen LogP contribution is 2.20. The lowest BCUT2D eigenvalue weighted by Crippen LogP contribution is -1.95. The topological polar surface area (TPSA) is 38.9 Å². The van der Waals surface area contributed by atoms with Gasteiger partial charge < -0.3 is 5.73 Å². The lowest BCUT2D eigenvalue weighted by Gasteiger charge is -2.04. The van der Waals surface area contributed by atoms with Crippen molar-refractivity contribution in [3.8, 4) is 11.3 Å². The molecular weight excluding hydrogens is 184 g/mol. The van der Waals surface area contributed by atoms with Gasteiger partial charge in [0.2, 0.25) is 0 Å². The molecule has 0 saturated heterocycles. The van der Waals surface area contributed by atoms with Crippen LogP contribution >= 0.6 is 0 Å². The van der Waals surface area contributed by atoms with Crippen molar-refractivity contribution in [1.82, 2.24) is 4.98 Å². The molecule has 2 aromatic rings. The average molecular weight is 198 g/mol. The fourth-order valence-corrected chi connectivity index (χ4v) is 1.59. The van der Waals surface area contributed by atoms with E-state index in [-0.39, 0.29) is 0 Å². The van der Waals surface area contributed by atoms with E-state index in [0.29, 0.717) is 6.54 Å². The number of rotatable bonds is 2. The minimum Gasteiger partial charge on any atom is -0.326 e. The van der Waals surface area contributed by atoms with E-state index in [0.717, 1.165) is 16.8 Å². The fourth-order valence-electron chi connectivity index (χ4n) is 1.59. The Balaban J connectivity index is 2.42. The number of nitrogens with zero attached hydrogens (tertiary/aromatic N) is 1. The number of nitrogens with two attached hydrogens (primary N) is 1. The second-order valence-corrected chi connectivity index (χ2v) is 3.57. The molecular formula is C13H14N2. The number of benzene rings is 1. The SMILES string of the molecule is Cc1cccnc1-c1ccc(CN)cc1. The molecule has 15 heavy (non-hydrogen) atoms. The van der Waals surface area contributed by atoms with Crippen molar-refractivity contribution >= 4 is 0 Å². The van der Waals surface area contributed by atoms with Crippen LogP contribution in [0.3, 0.4) is 0 Å². The molecule has 0 aliphatic carbocycles. The van der Waals surface area contributed by atoms with Gasteiger partial charge in [-0.1, -0.05) is 30.3 Å². The third-order valence-electron chi connectivity index (χ3n) is 2.47. The van der Waals surface area contributed by atoms with Crippen LogP contribution < -0.4 is 5.73 Å². The highest BCUT2D eigenvalue weighted by atomic mass is 14.7. The summed E-state index contributed by atoms with van der Waals surface area (Å²) in [5.41, 5.74) is 10.1. The van der Waals surface area contributed by atoms with Gasteiger partial charge in [-0.25, -0.2) is 0 Å². The molecule has 2 rings (SSSR count). The van der Waals surface area contributed by atoms with Crippen LogP contribution in [0.2, 0.25) is 0 Å². The van der Waals surface area contributed by atoms with Crippen LogP contribution in [0.1, 0.15) is 11.1 Å². The lowest BCUT2D eigenvalue weighted by atomic mass is 10.1. The zero-order chi connectivity index (χ0) is 10.7. The molecule has 0 aliphatic heterocycles. The molecule has 0 amide bonds. The monoisotopic (exact) mass is 198 g/mol. The quantitative estimate of drug-likeness (QED) is 0.805. The van der Waals surface area contributed by atoms with Gasteiger partial charge in [0, 0.05) is 18.3 Å². The first-order valence-electron chi connectivity index (χ1n) is 5.02. The maximum absolute atomic E-state index is 5.55. The first-order valence-corrected chi connectivity index (χ1v) is 5.02. The Kier molecular flexibility index (Phi) is 2.79. The molecule has 0 spiro atoms. The van der Waals surface area contributed by atoms with E-state index in [1.54, 1.807) is 0 Å². The third-order valence-corrected chi connectivity index (χ3v) is 2.47. The van der Waals surface area contributed by atoms with E-state index in [9.17, 15) is 0 Å². The molecule has 0 fully saturated rings. The van der Waals surface area contributed by atoms with Gasteiger partial charge in [0.25, 0.3) is 0 Å². The molecule has 0 atom stereocenters. The molecule has 1 aromatic carbocycles. The molecule has 2 N–H and O–H groups in total. The standard InChI is InChI=1S/C13H14N2/c1-10-3-2-8-15-13(10)12-6-4-11(9-14)5-7-12/h2-8H,9,14H2,1H3. The smallest absolute Gasteiger partial charge is 0.0731 e. The van der Waals surface area contributed by atoms with Crippen LogP contribution in [0, 0.1) is 6.92 Å². The summed E-state index contributed by atoms with van der Waals surface area (Å²) in [5, 5.41) is 0. The van der Waals surface area contributed by atoms with Gasteiger partial charge in [-0.2, -0.15) is 0 Å². The van der Waals surface area contributed by atoms with Gasteiger partial charge in [0.15, 0.2) is 0 Å². The van der Waals surface area contributed by atoms with E-state index in [2.05, 4.69) is 30.1 Å². The van der Waals surface area contributed by atoms with Gasteiger partial charge in [-0.05, 0) is 24.1 Å². The molecule has 0 aliphatic rings. The Morgan fingerprint density at radius 3 is 2.47 bits per heavy atom. The summed E-state index contributed by atoms with van der Waals surface area (Å²) in [6, 6.07) is 12.2. The molecule has 1 aromatic heterocycles. The lowest BCUT2D eigenvalue weighted by molar-refractivity contribution is 1.07. The van der Waals surface area contributed by atoms with Gasteiger partial charge >= 0.3 is 0 Å². The second-order valence-electron chi connectivity index (χ2n) is 3.57. The van der Waals surface area contributed by atoms with E-state index in [1.807, 2.05) is 24.4 Å². The summed E-state index contributed by atoms with van der Waals surface area (Å²) in [5.74, 6) is 0. The van der Waals surface area contributed by atoms with Crippen LogP contribution in [0.25, 0.3) is 11.3 Å². The molecule has 0 radical (unpaired) electrons. The molecule has 76 valence electrons. The van der Waals surface area contributed by atoms with Crippen molar-refractivity contribution in [3.63, 3.8) is 0 Å². The summed E-state index contributed by atoms with van der Waals surface area (Å²) in [7, 11) is 0. The van der Waals surface area contributed by atoms with Crippen molar-refractivity contribution in [2.45, 2.75) is 13.5 Å². The van der Waals surface area contributed by atoms with E-state index in [1.165, 1.54) is 5.56 Å². The number of aryl methyl sites for hydroxylation is 1. The predicted octanol–water partition coefficient (Wildman–Crippen LogP) is 2.52. The Morgan fingerprint density at radius 1 is 1.13 bits per heavy atom. The molecule has 0 bridgehead atoms. The largest absolute Gasteiger partial charge is 0.326 e. The number of pyridine rings is 1. The minimum atomic E-state index is 0.585. The molecule has 0 unspecified atom stereocenters. The van der Waals surface area contributed by atoms with Crippen LogP contribution in [0.15, 0.2) is 42.6 Å². The Bertz CT molecular complexity index is 446. The van der Waals surface area contributed by atoms with Crippen molar-refractivity contribution in [2.75, 3.05) is 0 Å². The summed E-state index contributed by atoms with van der Waals surface area (Å²) < 4.78 is 0. The summed E-state index contributed by atoms with van der Waals surface area (Å²) in [6.07, 6.45) is 1.82. The molecule has 2 heteroatoms. The Morgan fingerprint density at radius 2 is 1.87 bits per heavy atom. The number of aromatic nitrogens is 1. The van der Waals surface area contributed by atoms with E-state index in [4.69, 9.17) is 5.73 Å². The minimum absolute atomic E-state index is 0.585. The van der Waals surface area contributed by atoms with Gasteiger partial charge in [-0.15, -0.1) is 0 Å². The molecule has 2 nitrogen and oxygen atoms in total. The van der Waals surface area contributed by atoms with Gasteiger partial charge in [-0.3, -0.25) is 4.98 Å². The molecule has 0 saturated carbocycles. The molecule has 1 heterocycles. The predicted molar refractivity (Wildman–Crippen MR) is 62.3 cm³/mol. The normalized spacial score (nSPS) is 10.3. The fraction of sp³-hybridized carbons (Fsp3) is 0.154. The van der Waals surface area contributed by atoms with E-state index < -0.39 is 0 Å². The Hall–Kier alpha value is -1.67. The van der Waals surface area contributed by atoms with Crippen LogP contribution in [-0.4, -0.2) is 4.98 Å². The number of hydrogen-bond donors (Lipinski definition) is 1. The van der Waals surface area contributed by atoms with Crippen LogP contribution in [0.4, 0.5) is 0 Å². The third kappa shape index (κ3) is 2.05. The number of hydrogen-bond acceptors (Lipinski definition) is 2. The first-order chi connectivity index (χ1) is 7.31. The maximum atomic E-state index is 5.55. The average Bonchev–Trinajstić information content (AvgIpc) is 2.30. The summed E-state index contributed by atoms with van der Waals surface area (Å²) in [6.45, 7) is 2.65. The van der Waals surface area contributed by atoms with Gasteiger partial charge in [0.05, 0.1) is 5.69 Å². The van der Waals surface area contributed by atoms with Crippen molar-refractivity contribution in [3.05, 3.63) is 53.7 Å². The maximum Gasteiger partial charge on any atom is 0.0731 e. The van der Waals surface area contributed by atoms with E-state index >= 15 is 0 Å².